The Kier molecular flexibility index (Phi) is 5.77. The quantitative estimate of drug-likeness (QED) is 0.662. The van der Waals surface area contributed by atoms with E-state index >= 15 is 0 Å². The number of carbonyl (C=O) groups excluding carboxylic acids is 1. The molecule has 1 amide bonds. The van der Waals surface area contributed by atoms with E-state index in [0.717, 1.165) is 37.9 Å². The maximum absolute atomic E-state index is 13.2. The smallest absolute Gasteiger partial charge is 0.323 e. The zero-order chi connectivity index (χ0) is 23.0. The average molecular weight is 444 g/mol. The lowest BCUT2D eigenvalue weighted by Gasteiger charge is -2.31. The topological polar surface area (TPSA) is 67.2 Å². The lowest BCUT2D eigenvalue weighted by Crippen LogP contribution is -2.44. The Labute approximate surface area is 182 Å². The minimum Gasteiger partial charge on any atom is -0.323 e. The van der Waals surface area contributed by atoms with Crippen molar-refractivity contribution in [2.75, 3.05) is 18.9 Å². The summed E-state index contributed by atoms with van der Waals surface area (Å²) < 4.78 is 40.8. The number of likely N-dealkylation sites (N-methyl/N-ethyl adjacent to an activating group) is 1. The number of carbonyl (C=O) groups is 1. The zero-order valence-electron chi connectivity index (χ0n) is 17.7. The number of likely N-dealkylation sites (tertiary alicyclic amines) is 1. The standard InChI is InChI=1S/C23H23F3N4O2/c1-29-12-4-3-11-18(29)21(31)27-17-10-6-9-16-19(17)28-20(30(2)22(16)32)14-7-5-8-15(13-14)23(24,25)26/h5-10,13,18H,3-4,11-12H2,1-2H3,(H,27,31). The number of nitrogens with zero attached hydrogens (tertiary/aromatic N) is 3. The second kappa shape index (κ2) is 8.38. The number of amides is 1. The molecule has 1 N–H and O–H groups in total. The van der Waals surface area contributed by atoms with Gasteiger partial charge in [-0.2, -0.15) is 13.2 Å². The van der Waals surface area contributed by atoms with Crippen molar-refractivity contribution in [2.24, 2.45) is 7.05 Å². The molecule has 32 heavy (non-hydrogen) atoms. The Hall–Kier alpha value is -3.20. The van der Waals surface area contributed by atoms with Crippen molar-refractivity contribution in [2.45, 2.75) is 31.5 Å². The van der Waals surface area contributed by atoms with E-state index in [4.69, 9.17) is 0 Å². The number of fused-ring (bicyclic) bond motifs is 1. The van der Waals surface area contributed by atoms with Crippen LogP contribution in [0, 0.1) is 0 Å². The van der Waals surface area contributed by atoms with E-state index in [9.17, 15) is 22.8 Å². The molecule has 2 heterocycles. The van der Waals surface area contributed by atoms with Crippen molar-refractivity contribution in [1.82, 2.24) is 14.5 Å². The highest BCUT2D eigenvalue weighted by molar-refractivity contribution is 6.02. The summed E-state index contributed by atoms with van der Waals surface area (Å²) in [5, 5.41) is 3.15. The fraction of sp³-hybridized carbons (Fsp3) is 0.348. The third kappa shape index (κ3) is 4.12. The minimum absolute atomic E-state index is 0.0880. The van der Waals surface area contributed by atoms with E-state index in [1.165, 1.54) is 23.7 Å². The molecule has 6 nitrogen and oxygen atoms in total. The van der Waals surface area contributed by atoms with E-state index in [-0.39, 0.29) is 34.2 Å². The summed E-state index contributed by atoms with van der Waals surface area (Å²) in [6, 6.07) is 9.28. The summed E-state index contributed by atoms with van der Waals surface area (Å²) >= 11 is 0. The first-order chi connectivity index (χ1) is 15.2. The summed E-state index contributed by atoms with van der Waals surface area (Å²) in [4.78, 5) is 32.4. The summed E-state index contributed by atoms with van der Waals surface area (Å²) in [6.45, 7) is 0.826. The van der Waals surface area contributed by atoms with Gasteiger partial charge in [0.15, 0.2) is 0 Å². The van der Waals surface area contributed by atoms with Crippen molar-refractivity contribution in [1.29, 1.82) is 0 Å². The number of benzene rings is 2. The van der Waals surface area contributed by atoms with Crippen LogP contribution in [-0.4, -0.2) is 40.0 Å². The molecule has 0 bridgehead atoms. The number of para-hydroxylation sites is 1. The Balaban J connectivity index is 1.80. The van der Waals surface area contributed by atoms with Gasteiger partial charge >= 0.3 is 6.18 Å². The molecule has 1 aliphatic heterocycles. The number of hydrogen-bond acceptors (Lipinski definition) is 4. The normalized spacial score (nSPS) is 17.5. The lowest BCUT2D eigenvalue weighted by atomic mass is 10.0. The zero-order valence-corrected chi connectivity index (χ0v) is 17.7. The predicted octanol–water partition coefficient (Wildman–Crippen LogP) is 4.04. The first kappa shape index (κ1) is 22.0. The number of alkyl halides is 3. The van der Waals surface area contributed by atoms with E-state index in [2.05, 4.69) is 10.3 Å². The molecular weight excluding hydrogens is 421 g/mol. The van der Waals surface area contributed by atoms with E-state index in [1.54, 1.807) is 18.2 Å². The average Bonchev–Trinajstić information content (AvgIpc) is 2.76. The molecule has 1 aliphatic rings. The Bertz CT molecular complexity index is 1240. The second-order valence-electron chi connectivity index (χ2n) is 8.06. The Morgan fingerprint density at radius 2 is 1.88 bits per heavy atom. The van der Waals surface area contributed by atoms with Gasteiger partial charge in [0.25, 0.3) is 5.56 Å². The van der Waals surface area contributed by atoms with Gasteiger partial charge in [-0.15, -0.1) is 0 Å². The van der Waals surface area contributed by atoms with Crippen molar-refractivity contribution in [3.05, 3.63) is 58.4 Å². The monoisotopic (exact) mass is 444 g/mol. The van der Waals surface area contributed by atoms with Gasteiger partial charge in [-0.05, 0) is 50.7 Å². The van der Waals surface area contributed by atoms with Crippen LogP contribution in [0.4, 0.5) is 18.9 Å². The van der Waals surface area contributed by atoms with Crippen LogP contribution in [0.25, 0.3) is 22.3 Å². The first-order valence-electron chi connectivity index (χ1n) is 10.4. The van der Waals surface area contributed by atoms with Crippen LogP contribution in [0.3, 0.4) is 0 Å². The van der Waals surface area contributed by atoms with Gasteiger partial charge in [-0.25, -0.2) is 4.98 Å². The summed E-state index contributed by atoms with van der Waals surface area (Å²) in [6.07, 6.45) is -1.79. The molecule has 0 saturated carbocycles. The van der Waals surface area contributed by atoms with Gasteiger partial charge in [-0.3, -0.25) is 19.1 Å². The molecule has 1 fully saturated rings. The van der Waals surface area contributed by atoms with E-state index in [0.29, 0.717) is 5.69 Å². The largest absolute Gasteiger partial charge is 0.416 e. The van der Waals surface area contributed by atoms with Gasteiger partial charge in [0.1, 0.15) is 11.3 Å². The second-order valence-corrected chi connectivity index (χ2v) is 8.06. The first-order valence-corrected chi connectivity index (χ1v) is 10.4. The van der Waals surface area contributed by atoms with Crippen LogP contribution in [0.5, 0.6) is 0 Å². The van der Waals surface area contributed by atoms with E-state index < -0.39 is 17.3 Å². The lowest BCUT2D eigenvalue weighted by molar-refractivity contribution is -0.137. The number of anilines is 1. The maximum atomic E-state index is 13.2. The number of piperidine rings is 1. The molecule has 3 aromatic rings. The van der Waals surface area contributed by atoms with Crippen molar-refractivity contribution in [3.8, 4) is 11.4 Å². The molecule has 168 valence electrons. The van der Waals surface area contributed by atoms with Crippen LogP contribution < -0.4 is 10.9 Å². The number of nitrogens with one attached hydrogen (secondary N) is 1. The Morgan fingerprint density at radius 3 is 2.59 bits per heavy atom. The maximum Gasteiger partial charge on any atom is 0.416 e. The van der Waals surface area contributed by atoms with Crippen LogP contribution in [0.1, 0.15) is 24.8 Å². The van der Waals surface area contributed by atoms with Gasteiger partial charge in [0.2, 0.25) is 5.91 Å². The molecule has 4 rings (SSSR count). The Morgan fingerprint density at radius 1 is 1.12 bits per heavy atom. The molecule has 1 aromatic heterocycles. The number of hydrogen-bond donors (Lipinski definition) is 1. The van der Waals surface area contributed by atoms with Crippen LogP contribution in [-0.2, 0) is 18.0 Å². The predicted molar refractivity (Wildman–Crippen MR) is 116 cm³/mol. The molecule has 1 atom stereocenters. The highest BCUT2D eigenvalue weighted by atomic mass is 19.4. The fourth-order valence-electron chi connectivity index (χ4n) is 4.11. The number of halogens is 3. The van der Waals surface area contributed by atoms with Crippen LogP contribution in [0.15, 0.2) is 47.3 Å². The van der Waals surface area contributed by atoms with Crippen molar-refractivity contribution >= 4 is 22.5 Å². The molecule has 9 heteroatoms. The van der Waals surface area contributed by atoms with Crippen molar-refractivity contribution in [3.63, 3.8) is 0 Å². The van der Waals surface area contributed by atoms with Gasteiger partial charge in [-0.1, -0.05) is 24.6 Å². The third-order valence-corrected chi connectivity index (χ3v) is 5.89. The fourth-order valence-corrected chi connectivity index (χ4v) is 4.11. The van der Waals surface area contributed by atoms with Crippen LogP contribution in [0.2, 0.25) is 0 Å². The molecule has 0 radical (unpaired) electrons. The van der Waals surface area contributed by atoms with Gasteiger partial charge in [0.05, 0.1) is 22.7 Å². The molecule has 1 saturated heterocycles. The van der Waals surface area contributed by atoms with E-state index in [1.807, 2.05) is 11.9 Å². The molecule has 1 unspecified atom stereocenters. The molecular formula is C23H23F3N4O2. The van der Waals surface area contributed by atoms with Gasteiger partial charge < -0.3 is 5.32 Å². The molecule has 2 aromatic carbocycles. The minimum atomic E-state index is -4.52. The third-order valence-electron chi connectivity index (χ3n) is 5.89. The van der Waals surface area contributed by atoms with Crippen LogP contribution >= 0.6 is 0 Å². The SMILES string of the molecule is CN1CCCCC1C(=O)Nc1cccc2c(=O)n(C)c(-c3cccc(C(F)(F)F)c3)nc12. The number of rotatable bonds is 3. The van der Waals surface area contributed by atoms with Gasteiger partial charge in [0, 0.05) is 12.6 Å². The summed E-state index contributed by atoms with van der Waals surface area (Å²) in [5.41, 5.74) is -0.471. The number of aromatic nitrogens is 2. The highest BCUT2D eigenvalue weighted by Crippen LogP contribution is 2.32. The van der Waals surface area contributed by atoms with Crippen molar-refractivity contribution < 1.29 is 18.0 Å². The summed E-state index contributed by atoms with van der Waals surface area (Å²) in [5.74, 6) is -0.104. The highest BCUT2D eigenvalue weighted by Gasteiger charge is 2.31. The molecule has 0 spiro atoms. The molecule has 0 aliphatic carbocycles. The summed E-state index contributed by atoms with van der Waals surface area (Å²) in [7, 11) is 3.36.